The van der Waals surface area contributed by atoms with Gasteiger partial charge in [-0.1, -0.05) is 22.5 Å². The van der Waals surface area contributed by atoms with Gasteiger partial charge in [-0.2, -0.15) is 0 Å². The van der Waals surface area contributed by atoms with Crippen LogP contribution in [0.1, 0.15) is 5.69 Å². The highest BCUT2D eigenvalue weighted by Gasteiger charge is 2.10. The molecule has 0 aromatic carbocycles. The lowest BCUT2D eigenvalue weighted by molar-refractivity contribution is -0.120. The summed E-state index contributed by atoms with van der Waals surface area (Å²) in [6.07, 6.45) is 1.86. The number of hydrogen-bond donors (Lipinski definition) is 1. The standard InChI is InChI=1S/C12H11BrN2O2S/c1-8(13)6-14-11(16)5-9-7-18-12(15-9)10-3-2-4-17-10/h2-4,7H,1,5-6H2,(H,14,16). The van der Waals surface area contributed by atoms with Gasteiger partial charge in [-0.15, -0.1) is 11.3 Å². The second-order valence-corrected chi connectivity index (χ2v) is 5.57. The van der Waals surface area contributed by atoms with Gasteiger partial charge in [-0.05, 0) is 12.1 Å². The summed E-state index contributed by atoms with van der Waals surface area (Å²) in [6.45, 7) is 4.07. The van der Waals surface area contributed by atoms with Gasteiger partial charge in [0.05, 0.1) is 18.4 Å². The molecule has 2 rings (SSSR count). The quantitative estimate of drug-likeness (QED) is 0.919. The molecular formula is C12H11BrN2O2S. The van der Waals surface area contributed by atoms with Crippen LogP contribution in [0.15, 0.2) is 39.3 Å². The van der Waals surface area contributed by atoms with E-state index in [0.717, 1.165) is 20.9 Å². The minimum absolute atomic E-state index is 0.0769. The van der Waals surface area contributed by atoms with Crippen molar-refractivity contribution in [2.45, 2.75) is 6.42 Å². The molecule has 2 aromatic rings. The number of halogens is 1. The number of nitrogens with zero attached hydrogens (tertiary/aromatic N) is 1. The maximum absolute atomic E-state index is 11.6. The first-order valence-corrected chi connectivity index (χ1v) is 6.90. The van der Waals surface area contributed by atoms with Crippen LogP contribution in [-0.4, -0.2) is 17.4 Å². The van der Waals surface area contributed by atoms with Crippen molar-refractivity contribution in [3.63, 3.8) is 0 Å². The van der Waals surface area contributed by atoms with Gasteiger partial charge in [0.2, 0.25) is 5.91 Å². The van der Waals surface area contributed by atoms with E-state index >= 15 is 0 Å². The number of rotatable bonds is 5. The Morgan fingerprint density at radius 1 is 1.61 bits per heavy atom. The molecule has 0 spiro atoms. The fraction of sp³-hybridized carbons (Fsp3) is 0.167. The molecule has 0 aliphatic carbocycles. The lowest BCUT2D eigenvalue weighted by Crippen LogP contribution is -2.26. The Kier molecular flexibility index (Phi) is 4.33. The van der Waals surface area contributed by atoms with Crippen molar-refractivity contribution in [3.05, 3.63) is 40.5 Å². The van der Waals surface area contributed by atoms with Crippen molar-refractivity contribution >= 4 is 33.2 Å². The number of nitrogens with one attached hydrogen (secondary N) is 1. The van der Waals surface area contributed by atoms with Crippen LogP contribution in [0.5, 0.6) is 0 Å². The third-order valence-electron chi connectivity index (χ3n) is 2.10. The molecule has 0 fully saturated rings. The smallest absolute Gasteiger partial charge is 0.226 e. The summed E-state index contributed by atoms with van der Waals surface area (Å²) in [6, 6.07) is 3.65. The molecule has 0 atom stereocenters. The van der Waals surface area contributed by atoms with Crippen molar-refractivity contribution in [2.24, 2.45) is 0 Å². The normalized spacial score (nSPS) is 10.3. The Hall–Kier alpha value is -1.40. The Balaban J connectivity index is 1.95. The van der Waals surface area contributed by atoms with Gasteiger partial charge in [0.1, 0.15) is 0 Å². The summed E-state index contributed by atoms with van der Waals surface area (Å²) in [4.78, 5) is 15.9. The zero-order valence-corrected chi connectivity index (χ0v) is 11.9. The first-order valence-electron chi connectivity index (χ1n) is 5.23. The number of amides is 1. The molecular weight excluding hydrogens is 316 g/mol. The number of aromatic nitrogens is 1. The van der Waals surface area contributed by atoms with E-state index in [-0.39, 0.29) is 12.3 Å². The molecule has 6 heteroatoms. The number of thiazole rings is 1. The van der Waals surface area contributed by atoms with Crippen LogP contribution >= 0.6 is 27.3 Å². The summed E-state index contributed by atoms with van der Waals surface area (Å²) in [5.74, 6) is 0.646. The van der Waals surface area contributed by atoms with Crippen molar-refractivity contribution < 1.29 is 9.21 Å². The van der Waals surface area contributed by atoms with Gasteiger partial charge >= 0.3 is 0 Å². The first kappa shape index (κ1) is 13.0. The maximum atomic E-state index is 11.6. The first-order chi connectivity index (χ1) is 8.65. The Labute approximate surface area is 117 Å². The highest BCUT2D eigenvalue weighted by Crippen LogP contribution is 2.23. The molecule has 2 aromatic heterocycles. The third-order valence-corrected chi connectivity index (χ3v) is 3.29. The summed E-state index contributed by atoms with van der Waals surface area (Å²) < 4.78 is 5.99. The summed E-state index contributed by atoms with van der Waals surface area (Å²) in [5, 5.41) is 5.38. The van der Waals surface area contributed by atoms with Crippen molar-refractivity contribution in [3.8, 4) is 10.8 Å². The van der Waals surface area contributed by atoms with Crippen LogP contribution in [0.2, 0.25) is 0 Å². The highest BCUT2D eigenvalue weighted by atomic mass is 79.9. The molecule has 0 saturated carbocycles. The van der Waals surface area contributed by atoms with Crippen LogP contribution in [0, 0.1) is 0 Å². The average molecular weight is 327 g/mol. The van der Waals surface area contributed by atoms with Gasteiger partial charge < -0.3 is 9.73 Å². The van der Waals surface area contributed by atoms with Crippen LogP contribution < -0.4 is 5.32 Å². The number of carbonyl (C=O) groups is 1. The van der Waals surface area contributed by atoms with E-state index < -0.39 is 0 Å². The summed E-state index contributed by atoms with van der Waals surface area (Å²) >= 11 is 4.65. The molecule has 2 heterocycles. The van der Waals surface area contributed by atoms with Crippen molar-refractivity contribution in [2.75, 3.05) is 6.54 Å². The highest BCUT2D eigenvalue weighted by molar-refractivity contribution is 9.11. The second-order valence-electron chi connectivity index (χ2n) is 3.59. The van der Waals surface area contributed by atoms with E-state index in [2.05, 4.69) is 32.8 Å². The Bertz CT molecular complexity index is 548. The zero-order valence-electron chi connectivity index (χ0n) is 9.48. The topological polar surface area (TPSA) is 55.1 Å². The fourth-order valence-corrected chi connectivity index (χ4v) is 2.25. The molecule has 0 aliphatic heterocycles. The minimum Gasteiger partial charge on any atom is -0.462 e. The van der Waals surface area contributed by atoms with Gasteiger partial charge in [0.25, 0.3) is 0 Å². The molecule has 1 N–H and O–H groups in total. The fourth-order valence-electron chi connectivity index (χ4n) is 1.32. The van der Waals surface area contributed by atoms with Gasteiger partial charge in [0, 0.05) is 16.4 Å². The van der Waals surface area contributed by atoms with E-state index in [1.54, 1.807) is 6.26 Å². The third kappa shape index (κ3) is 3.54. The number of hydrogen-bond acceptors (Lipinski definition) is 4. The van der Waals surface area contributed by atoms with Crippen LogP contribution in [0.3, 0.4) is 0 Å². The maximum Gasteiger partial charge on any atom is 0.226 e. The lowest BCUT2D eigenvalue weighted by Gasteiger charge is -2.01. The van der Waals surface area contributed by atoms with Gasteiger partial charge in [-0.3, -0.25) is 4.79 Å². The monoisotopic (exact) mass is 326 g/mol. The average Bonchev–Trinajstić information content (AvgIpc) is 2.95. The molecule has 4 nitrogen and oxygen atoms in total. The van der Waals surface area contributed by atoms with E-state index in [0.29, 0.717) is 6.54 Å². The van der Waals surface area contributed by atoms with Gasteiger partial charge in [0.15, 0.2) is 10.8 Å². The molecule has 94 valence electrons. The molecule has 0 radical (unpaired) electrons. The van der Waals surface area contributed by atoms with E-state index in [1.807, 2.05) is 17.5 Å². The summed E-state index contributed by atoms with van der Waals surface area (Å²) in [7, 11) is 0. The molecule has 1 amide bonds. The molecule has 0 aliphatic rings. The molecule has 18 heavy (non-hydrogen) atoms. The number of carbonyl (C=O) groups excluding carboxylic acids is 1. The van der Waals surface area contributed by atoms with Gasteiger partial charge in [-0.25, -0.2) is 4.98 Å². The zero-order chi connectivity index (χ0) is 13.0. The van der Waals surface area contributed by atoms with Crippen LogP contribution in [-0.2, 0) is 11.2 Å². The predicted molar refractivity (Wildman–Crippen MR) is 74.6 cm³/mol. The molecule has 0 saturated heterocycles. The van der Waals surface area contributed by atoms with Crippen LogP contribution in [0.4, 0.5) is 0 Å². The van der Waals surface area contributed by atoms with Crippen molar-refractivity contribution in [1.82, 2.24) is 10.3 Å². The largest absolute Gasteiger partial charge is 0.462 e. The van der Waals surface area contributed by atoms with Crippen molar-refractivity contribution in [1.29, 1.82) is 0 Å². The minimum atomic E-state index is -0.0769. The predicted octanol–water partition coefficient (Wildman–Crippen LogP) is 2.97. The number of furan rings is 1. The lowest BCUT2D eigenvalue weighted by atomic mass is 10.3. The summed E-state index contributed by atoms with van der Waals surface area (Å²) in [5.41, 5.74) is 0.740. The van der Waals surface area contributed by atoms with E-state index in [1.165, 1.54) is 11.3 Å². The molecule has 0 bridgehead atoms. The molecule has 0 unspecified atom stereocenters. The van der Waals surface area contributed by atoms with E-state index in [9.17, 15) is 4.79 Å². The second kappa shape index (κ2) is 5.97. The van der Waals surface area contributed by atoms with Crippen LogP contribution in [0.25, 0.3) is 10.8 Å². The Morgan fingerprint density at radius 2 is 2.44 bits per heavy atom. The Morgan fingerprint density at radius 3 is 3.11 bits per heavy atom. The SMILES string of the molecule is C=C(Br)CNC(=O)Cc1csc(-c2ccco2)n1. The van der Waals surface area contributed by atoms with E-state index in [4.69, 9.17) is 4.42 Å².